The van der Waals surface area contributed by atoms with Crippen molar-refractivity contribution in [1.29, 1.82) is 0 Å². The van der Waals surface area contributed by atoms with Crippen molar-refractivity contribution < 1.29 is 9.18 Å². The normalized spacial score (nSPS) is 24.1. The van der Waals surface area contributed by atoms with Gasteiger partial charge in [-0.2, -0.15) is 5.10 Å². The third-order valence-electron chi connectivity index (χ3n) is 6.04. The quantitative estimate of drug-likeness (QED) is 0.572. The molecule has 8 heteroatoms. The zero-order valence-corrected chi connectivity index (χ0v) is 15.9. The van der Waals surface area contributed by atoms with Crippen LogP contribution < -0.4 is 16.4 Å². The Kier molecular flexibility index (Phi) is 4.52. The summed E-state index contributed by atoms with van der Waals surface area (Å²) in [6.07, 6.45) is 6.20. The number of nitrogens with one attached hydrogen (secondary N) is 2. The number of halogens is 1. The first-order chi connectivity index (χ1) is 14.1. The number of nitrogens with two attached hydrogens (primary N) is 1. The van der Waals surface area contributed by atoms with E-state index in [4.69, 9.17) is 5.73 Å². The number of hydrogen-bond donors (Lipinski definition) is 3. The number of piperidine rings is 1. The summed E-state index contributed by atoms with van der Waals surface area (Å²) in [7, 11) is 0. The van der Waals surface area contributed by atoms with Crippen LogP contribution in [0, 0.1) is 11.7 Å². The minimum absolute atomic E-state index is 0.0847. The molecule has 2 aromatic heterocycles. The number of imidazole rings is 1. The van der Waals surface area contributed by atoms with E-state index in [9.17, 15) is 9.18 Å². The smallest absolute Gasteiger partial charge is 0.238 e. The first kappa shape index (κ1) is 18.2. The van der Waals surface area contributed by atoms with Crippen LogP contribution in [-0.2, 0) is 11.2 Å². The second kappa shape index (κ2) is 7.20. The molecule has 7 nitrogen and oxygen atoms in total. The second-order valence-corrected chi connectivity index (χ2v) is 7.98. The summed E-state index contributed by atoms with van der Waals surface area (Å²) >= 11 is 0. The maximum absolute atomic E-state index is 14.7. The molecular formula is C21H23FN6O. The van der Waals surface area contributed by atoms with Crippen molar-refractivity contribution in [2.75, 3.05) is 0 Å². The van der Waals surface area contributed by atoms with E-state index in [1.807, 2.05) is 12.1 Å². The number of hydrogen-bond acceptors (Lipinski definition) is 5. The van der Waals surface area contributed by atoms with Crippen molar-refractivity contribution in [3.8, 4) is 11.3 Å². The Hall–Kier alpha value is -2.84. The van der Waals surface area contributed by atoms with Crippen LogP contribution in [0.15, 0.2) is 42.7 Å². The monoisotopic (exact) mass is 394 g/mol. The summed E-state index contributed by atoms with van der Waals surface area (Å²) in [6.45, 7) is 0. The maximum atomic E-state index is 14.7. The van der Waals surface area contributed by atoms with E-state index in [0.29, 0.717) is 34.4 Å². The highest BCUT2D eigenvalue weighted by Crippen LogP contribution is 2.35. The van der Waals surface area contributed by atoms with Crippen molar-refractivity contribution in [2.24, 2.45) is 11.7 Å². The number of nitrogens with zero attached hydrogens (tertiary/aromatic N) is 3. The average Bonchev–Trinajstić information content (AvgIpc) is 3.44. The highest BCUT2D eigenvalue weighted by atomic mass is 19.1. The molecule has 150 valence electrons. The molecule has 5 rings (SSSR count). The predicted molar refractivity (Wildman–Crippen MR) is 106 cm³/mol. The Balaban J connectivity index is 1.27. The number of benzene rings is 1. The lowest BCUT2D eigenvalue weighted by Crippen LogP contribution is -2.53. The lowest BCUT2D eigenvalue weighted by Gasteiger charge is -2.24. The Bertz CT molecular complexity index is 1070. The molecule has 1 aliphatic carbocycles. The summed E-state index contributed by atoms with van der Waals surface area (Å²) in [5, 5.41) is 10.4. The lowest BCUT2D eigenvalue weighted by molar-refractivity contribution is -0.124. The molecule has 3 aromatic rings. The van der Waals surface area contributed by atoms with Crippen molar-refractivity contribution in [1.82, 2.24) is 25.2 Å². The average molecular weight is 394 g/mol. The molecule has 1 aromatic carbocycles. The zero-order chi connectivity index (χ0) is 20.0. The summed E-state index contributed by atoms with van der Waals surface area (Å²) in [4.78, 5) is 16.8. The summed E-state index contributed by atoms with van der Waals surface area (Å²) in [5.41, 5.74) is 8.66. The summed E-state index contributed by atoms with van der Waals surface area (Å²) < 4.78 is 16.4. The highest BCUT2D eigenvalue weighted by molar-refractivity contribution is 5.83. The third kappa shape index (κ3) is 3.38. The molecule has 4 N–H and O–H groups in total. The molecule has 0 unspecified atom stereocenters. The number of carbonyl (C=O) groups excluding carboxylic acids is 1. The number of aromatic nitrogens is 3. The van der Waals surface area contributed by atoms with Crippen molar-refractivity contribution in [3.63, 3.8) is 0 Å². The highest BCUT2D eigenvalue weighted by Gasteiger charge is 2.42. The Morgan fingerprint density at radius 3 is 3.03 bits per heavy atom. The molecule has 3 heterocycles. The van der Waals surface area contributed by atoms with Crippen LogP contribution in [0.2, 0.25) is 0 Å². The molecule has 2 fully saturated rings. The van der Waals surface area contributed by atoms with E-state index in [0.717, 1.165) is 19.3 Å². The van der Waals surface area contributed by atoms with Gasteiger partial charge in [-0.05, 0) is 48.9 Å². The van der Waals surface area contributed by atoms with Gasteiger partial charge in [0.2, 0.25) is 5.91 Å². The van der Waals surface area contributed by atoms with Crippen LogP contribution in [0.5, 0.6) is 0 Å². The van der Waals surface area contributed by atoms with Gasteiger partial charge in [0.05, 0.1) is 24.1 Å². The first-order valence-electron chi connectivity index (χ1n) is 9.98. The minimum Gasteiger partial charge on any atom is -0.339 e. The molecule has 1 saturated heterocycles. The Labute approximate surface area is 167 Å². The maximum Gasteiger partial charge on any atom is 0.238 e. The Morgan fingerprint density at radius 1 is 1.38 bits per heavy atom. The van der Waals surface area contributed by atoms with E-state index in [1.54, 1.807) is 29.0 Å². The largest absolute Gasteiger partial charge is 0.339 e. The Morgan fingerprint density at radius 2 is 2.28 bits per heavy atom. The molecule has 1 saturated carbocycles. The molecule has 29 heavy (non-hydrogen) atoms. The fraction of sp³-hybridized carbons (Fsp3) is 0.381. The molecule has 1 amide bonds. The lowest BCUT2D eigenvalue weighted by atomic mass is 9.99. The molecule has 2 aliphatic rings. The summed E-state index contributed by atoms with van der Waals surface area (Å²) in [5.74, 6) is -0.0584. The van der Waals surface area contributed by atoms with Crippen LogP contribution in [0.4, 0.5) is 4.39 Å². The molecular weight excluding hydrogens is 371 g/mol. The van der Waals surface area contributed by atoms with Crippen molar-refractivity contribution >= 4 is 11.6 Å². The SMILES string of the molecule is N[C@H](Cc1ccc(-c2cnc3cccnn23)cc1F)NC(=O)[C@H]1N[C@@H]2CC[C@H]1C2. The number of amides is 1. The molecule has 1 aliphatic heterocycles. The van der Waals surface area contributed by atoms with E-state index in [-0.39, 0.29) is 24.2 Å². The molecule has 4 atom stereocenters. The topological polar surface area (TPSA) is 97.3 Å². The standard InChI is InChI=1S/C21H23FN6O/c22-16-9-13(17-11-24-19-2-1-7-25-28(17)19)4-3-12(16)10-18(23)27-21(29)20-14-5-6-15(8-14)26-20/h1-4,7,9,11,14-15,18,20,26H,5-6,8,10,23H2,(H,27,29)/t14-,15+,18-,20-/m0/s1. The molecule has 2 bridgehead atoms. The van der Waals surface area contributed by atoms with Gasteiger partial charge in [0, 0.05) is 24.2 Å². The van der Waals surface area contributed by atoms with E-state index in [2.05, 4.69) is 20.7 Å². The van der Waals surface area contributed by atoms with Gasteiger partial charge in [0.15, 0.2) is 5.65 Å². The fourth-order valence-corrected chi connectivity index (χ4v) is 4.61. The third-order valence-corrected chi connectivity index (χ3v) is 6.04. The first-order valence-corrected chi connectivity index (χ1v) is 9.98. The van der Waals surface area contributed by atoms with Gasteiger partial charge >= 0.3 is 0 Å². The van der Waals surface area contributed by atoms with Gasteiger partial charge < -0.3 is 16.4 Å². The zero-order valence-electron chi connectivity index (χ0n) is 15.9. The van der Waals surface area contributed by atoms with Gasteiger partial charge in [-0.25, -0.2) is 13.9 Å². The van der Waals surface area contributed by atoms with Crippen LogP contribution in [0.25, 0.3) is 16.9 Å². The van der Waals surface area contributed by atoms with Gasteiger partial charge in [0.25, 0.3) is 0 Å². The number of rotatable bonds is 5. The van der Waals surface area contributed by atoms with Crippen molar-refractivity contribution in [3.05, 3.63) is 54.1 Å². The van der Waals surface area contributed by atoms with Crippen LogP contribution in [-0.4, -0.2) is 38.8 Å². The van der Waals surface area contributed by atoms with Crippen molar-refractivity contribution in [2.45, 2.75) is 43.9 Å². The molecule has 0 radical (unpaired) electrons. The van der Waals surface area contributed by atoms with Gasteiger partial charge in [0.1, 0.15) is 5.82 Å². The second-order valence-electron chi connectivity index (χ2n) is 7.98. The number of carbonyl (C=O) groups is 1. The minimum atomic E-state index is -0.638. The van der Waals surface area contributed by atoms with Gasteiger partial charge in [-0.1, -0.05) is 12.1 Å². The van der Waals surface area contributed by atoms with Gasteiger partial charge in [-0.3, -0.25) is 4.79 Å². The predicted octanol–water partition coefficient (Wildman–Crippen LogP) is 1.62. The van der Waals surface area contributed by atoms with E-state index in [1.165, 1.54) is 6.07 Å². The van der Waals surface area contributed by atoms with Crippen LogP contribution in [0.1, 0.15) is 24.8 Å². The number of fused-ring (bicyclic) bond motifs is 3. The van der Waals surface area contributed by atoms with E-state index < -0.39 is 6.17 Å². The van der Waals surface area contributed by atoms with Crippen LogP contribution >= 0.6 is 0 Å². The van der Waals surface area contributed by atoms with Gasteiger partial charge in [-0.15, -0.1) is 0 Å². The fourth-order valence-electron chi connectivity index (χ4n) is 4.61. The van der Waals surface area contributed by atoms with E-state index >= 15 is 0 Å². The molecule has 0 spiro atoms. The van der Waals surface area contributed by atoms with Crippen LogP contribution in [0.3, 0.4) is 0 Å². The summed E-state index contributed by atoms with van der Waals surface area (Å²) in [6, 6.07) is 8.91.